The number of rotatable bonds is 5. The molecule has 2 N–H and O–H groups in total. The zero-order chi connectivity index (χ0) is 14.5. The van der Waals surface area contributed by atoms with Crippen LogP contribution in [0.1, 0.15) is 22.0 Å². The monoisotopic (exact) mass is 271 g/mol. The molecule has 20 heavy (non-hydrogen) atoms. The summed E-state index contributed by atoms with van der Waals surface area (Å²) in [6.07, 6.45) is 0. The van der Waals surface area contributed by atoms with Crippen LogP contribution in [-0.4, -0.2) is 20.0 Å². The fraction of sp³-hybridized carbons (Fsp3) is 0.188. The van der Waals surface area contributed by atoms with Gasteiger partial charge in [-0.1, -0.05) is 30.3 Å². The molecule has 0 saturated carbocycles. The van der Waals surface area contributed by atoms with Crippen molar-refractivity contribution in [2.24, 2.45) is 5.73 Å². The Morgan fingerprint density at radius 2 is 1.65 bits per heavy atom. The predicted molar refractivity (Wildman–Crippen MR) is 77.2 cm³/mol. The van der Waals surface area contributed by atoms with Crippen molar-refractivity contribution in [1.29, 1.82) is 0 Å². The van der Waals surface area contributed by atoms with Gasteiger partial charge in [-0.15, -0.1) is 0 Å². The van der Waals surface area contributed by atoms with Crippen molar-refractivity contribution in [3.8, 4) is 11.5 Å². The van der Waals surface area contributed by atoms with E-state index in [0.717, 1.165) is 5.56 Å². The summed E-state index contributed by atoms with van der Waals surface area (Å²) >= 11 is 0. The van der Waals surface area contributed by atoms with E-state index in [1.54, 1.807) is 25.3 Å². The Hall–Kier alpha value is -2.33. The number of hydrogen-bond donors (Lipinski definition) is 1. The molecule has 0 amide bonds. The fourth-order valence-electron chi connectivity index (χ4n) is 1.98. The van der Waals surface area contributed by atoms with Crippen LogP contribution in [0.3, 0.4) is 0 Å². The number of ether oxygens (including phenoxy) is 2. The molecule has 0 aliphatic carbocycles. The van der Waals surface area contributed by atoms with Crippen molar-refractivity contribution in [2.45, 2.75) is 6.04 Å². The van der Waals surface area contributed by atoms with Crippen LogP contribution in [-0.2, 0) is 0 Å². The SMILES string of the molecule is COc1ccc(C(=O)C(N)c2ccccc2)cc1OC. The van der Waals surface area contributed by atoms with Gasteiger partial charge in [-0.05, 0) is 23.8 Å². The van der Waals surface area contributed by atoms with E-state index in [2.05, 4.69) is 0 Å². The first-order chi connectivity index (χ1) is 9.67. The smallest absolute Gasteiger partial charge is 0.184 e. The lowest BCUT2D eigenvalue weighted by atomic mass is 9.98. The summed E-state index contributed by atoms with van der Waals surface area (Å²) in [6.45, 7) is 0. The number of carbonyl (C=O) groups is 1. The van der Waals surface area contributed by atoms with Crippen molar-refractivity contribution in [3.63, 3.8) is 0 Å². The van der Waals surface area contributed by atoms with Gasteiger partial charge in [-0.3, -0.25) is 4.79 Å². The molecule has 0 aliphatic heterocycles. The van der Waals surface area contributed by atoms with E-state index in [1.807, 2.05) is 30.3 Å². The van der Waals surface area contributed by atoms with Crippen molar-refractivity contribution >= 4 is 5.78 Å². The normalized spacial score (nSPS) is 11.8. The van der Waals surface area contributed by atoms with Crippen molar-refractivity contribution in [1.82, 2.24) is 0 Å². The van der Waals surface area contributed by atoms with Gasteiger partial charge in [0.15, 0.2) is 17.3 Å². The van der Waals surface area contributed by atoms with E-state index >= 15 is 0 Å². The van der Waals surface area contributed by atoms with E-state index in [9.17, 15) is 4.79 Å². The molecule has 2 aromatic rings. The molecule has 2 rings (SSSR count). The third-order valence-electron chi connectivity index (χ3n) is 3.11. The van der Waals surface area contributed by atoms with Crippen molar-refractivity contribution in [2.75, 3.05) is 14.2 Å². The molecule has 4 nitrogen and oxygen atoms in total. The third kappa shape index (κ3) is 2.81. The molecule has 0 radical (unpaired) electrons. The molecular formula is C16H17NO3. The van der Waals surface area contributed by atoms with Crippen LogP contribution in [0.2, 0.25) is 0 Å². The molecule has 2 aromatic carbocycles. The number of hydrogen-bond acceptors (Lipinski definition) is 4. The molecule has 0 fully saturated rings. The number of Topliss-reactive ketones (excluding diaryl/α,β-unsaturated/α-hetero) is 1. The molecule has 1 atom stereocenters. The lowest BCUT2D eigenvalue weighted by Gasteiger charge is -2.13. The minimum absolute atomic E-state index is 0.155. The average molecular weight is 271 g/mol. The summed E-state index contributed by atoms with van der Waals surface area (Å²) in [5.74, 6) is 0.938. The highest BCUT2D eigenvalue weighted by Gasteiger charge is 2.19. The molecule has 0 aliphatic rings. The second-order valence-electron chi connectivity index (χ2n) is 4.32. The Balaban J connectivity index is 2.29. The Bertz CT molecular complexity index is 596. The molecule has 0 saturated heterocycles. The zero-order valence-electron chi connectivity index (χ0n) is 11.5. The summed E-state index contributed by atoms with van der Waals surface area (Å²) in [5, 5.41) is 0. The summed E-state index contributed by atoms with van der Waals surface area (Å²) in [4.78, 5) is 12.4. The number of methoxy groups -OCH3 is 2. The second kappa shape index (κ2) is 6.21. The number of nitrogens with two attached hydrogens (primary N) is 1. The quantitative estimate of drug-likeness (QED) is 0.849. The van der Waals surface area contributed by atoms with Crippen LogP contribution < -0.4 is 15.2 Å². The molecule has 0 spiro atoms. The molecule has 0 bridgehead atoms. The highest BCUT2D eigenvalue weighted by Crippen LogP contribution is 2.29. The van der Waals surface area contributed by atoms with Crippen molar-refractivity contribution in [3.05, 3.63) is 59.7 Å². The zero-order valence-corrected chi connectivity index (χ0v) is 11.5. The maximum atomic E-state index is 12.4. The van der Waals surface area contributed by atoms with Crippen molar-refractivity contribution < 1.29 is 14.3 Å². The lowest BCUT2D eigenvalue weighted by molar-refractivity contribution is 0.0961. The first-order valence-electron chi connectivity index (χ1n) is 6.24. The minimum atomic E-state index is -0.686. The largest absolute Gasteiger partial charge is 0.493 e. The van der Waals surface area contributed by atoms with Gasteiger partial charge in [0.05, 0.1) is 20.3 Å². The molecule has 1 unspecified atom stereocenters. The highest BCUT2D eigenvalue weighted by molar-refractivity contribution is 6.01. The van der Waals surface area contributed by atoms with E-state index in [4.69, 9.17) is 15.2 Å². The minimum Gasteiger partial charge on any atom is -0.493 e. The van der Waals surface area contributed by atoms with E-state index < -0.39 is 6.04 Å². The van der Waals surface area contributed by atoms with Crippen LogP contribution in [0, 0.1) is 0 Å². The van der Waals surface area contributed by atoms with Gasteiger partial charge in [0.1, 0.15) is 0 Å². The van der Waals surface area contributed by atoms with E-state index in [1.165, 1.54) is 7.11 Å². The first kappa shape index (κ1) is 14.1. The summed E-state index contributed by atoms with van der Waals surface area (Å²) in [7, 11) is 3.08. The van der Waals surface area contributed by atoms with Crippen LogP contribution in [0.4, 0.5) is 0 Å². The van der Waals surface area contributed by atoms with Crippen LogP contribution in [0.25, 0.3) is 0 Å². The Morgan fingerprint density at radius 3 is 2.25 bits per heavy atom. The average Bonchev–Trinajstić information content (AvgIpc) is 2.53. The number of ketones is 1. The fourth-order valence-corrected chi connectivity index (χ4v) is 1.98. The number of benzene rings is 2. The maximum Gasteiger partial charge on any atom is 0.184 e. The van der Waals surface area contributed by atoms with Crippen LogP contribution in [0.15, 0.2) is 48.5 Å². The van der Waals surface area contributed by atoms with Gasteiger partial charge in [0.25, 0.3) is 0 Å². The summed E-state index contributed by atoms with van der Waals surface area (Å²) < 4.78 is 10.3. The molecule has 0 heterocycles. The standard InChI is InChI=1S/C16H17NO3/c1-19-13-9-8-12(10-14(13)20-2)16(18)15(17)11-6-4-3-5-7-11/h3-10,15H,17H2,1-2H3. The predicted octanol–water partition coefficient (Wildman–Crippen LogP) is 2.59. The topological polar surface area (TPSA) is 61.5 Å². The van der Waals surface area contributed by atoms with Crippen LogP contribution >= 0.6 is 0 Å². The second-order valence-corrected chi connectivity index (χ2v) is 4.32. The third-order valence-corrected chi connectivity index (χ3v) is 3.11. The molecule has 0 aromatic heterocycles. The lowest BCUT2D eigenvalue weighted by Crippen LogP contribution is -2.21. The van der Waals surface area contributed by atoms with E-state index in [0.29, 0.717) is 17.1 Å². The summed E-state index contributed by atoms with van der Waals surface area (Å²) in [6, 6.07) is 13.6. The number of carbonyl (C=O) groups excluding carboxylic acids is 1. The molecule has 104 valence electrons. The first-order valence-corrected chi connectivity index (χ1v) is 6.24. The van der Waals surface area contributed by atoms with Gasteiger partial charge in [-0.2, -0.15) is 0 Å². The van der Waals surface area contributed by atoms with Gasteiger partial charge < -0.3 is 15.2 Å². The van der Waals surface area contributed by atoms with Crippen LogP contribution in [0.5, 0.6) is 11.5 Å². The molecular weight excluding hydrogens is 254 g/mol. The maximum absolute atomic E-state index is 12.4. The van der Waals surface area contributed by atoms with Gasteiger partial charge >= 0.3 is 0 Å². The Morgan fingerprint density at radius 1 is 1.00 bits per heavy atom. The molecule has 4 heteroatoms. The van der Waals surface area contributed by atoms with Gasteiger partial charge in [0, 0.05) is 5.56 Å². The van der Waals surface area contributed by atoms with Gasteiger partial charge in [0.2, 0.25) is 0 Å². The Kier molecular flexibility index (Phi) is 4.38. The van der Waals surface area contributed by atoms with E-state index in [-0.39, 0.29) is 5.78 Å². The highest BCUT2D eigenvalue weighted by atomic mass is 16.5. The van der Waals surface area contributed by atoms with Gasteiger partial charge in [-0.25, -0.2) is 0 Å². The summed E-state index contributed by atoms with van der Waals surface area (Å²) in [5.41, 5.74) is 7.29. The Labute approximate surface area is 118 Å².